The monoisotopic (exact) mass is 368 g/mol. The second kappa shape index (κ2) is 7.86. The Morgan fingerprint density at radius 3 is 2.72 bits per heavy atom. The van der Waals surface area contributed by atoms with Gasteiger partial charge in [0.15, 0.2) is 0 Å². The molecule has 1 aliphatic carbocycles. The summed E-state index contributed by atoms with van der Waals surface area (Å²) in [4.78, 5) is 14.2. The third-order valence-electron chi connectivity index (χ3n) is 5.17. The summed E-state index contributed by atoms with van der Waals surface area (Å²) in [5, 5.41) is 3.70. The number of nitrogens with zero attached hydrogens (tertiary/aromatic N) is 3. The quantitative estimate of drug-likeness (QED) is 0.823. The van der Waals surface area contributed by atoms with E-state index in [1.807, 2.05) is 13.1 Å². The lowest BCUT2D eigenvalue weighted by Crippen LogP contribution is -2.50. The van der Waals surface area contributed by atoms with Crippen molar-refractivity contribution in [2.24, 2.45) is 0 Å². The molecule has 0 unspecified atom stereocenters. The number of aromatic nitrogens is 2. The maximum atomic E-state index is 12.6. The highest BCUT2D eigenvalue weighted by Crippen LogP contribution is 2.22. The number of piperidine rings is 1. The van der Waals surface area contributed by atoms with Gasteiger partial charge in [-0.3, -0.25) is 9.48 Å². The van der Waals surface area contributed by atoms with Crippen LogP contribution >= 0.6 is 0 Å². The topological polar surface area (TPSA) is 84.3 Å². The molecule has 2 heterocycles. The highest BCUT2D eigenvalue weighted by molar-refractivity contribution is 7.90. The van der Waals surface area contributed by atoms with Crippen molar-refractivity contribution in [3.8, 4) is 0 Å². The number of nitrogens with one attached hydrogen (secondary N) is 1. The van der Waals surface area contributed by atoms with Crippen LogP contribution in [0.3, 0.4) is 0 Å². The summed E-state index contributed by atoms with van der Waals surface area (Å²) in [6.45, 7) is 3.44. The third-order valence-corrected chi connectivity index (χ3v) is 7.10. The van der Waals surface area contributed by atoms with E-state index in [4.69, 9.17) is 0 Å². The molecule has 1 aliphatic heterocycles. The molecule has 7 nitrogen and oxygen atoms in total. The first-order valence-corrected chi connectivity index (χ1v) is 10.8. The first-order chi connectivity index (χ1) is 11.9. The molecule has 1 aromatic rings. The molecule has 2 aliphatic rings. The van der Waals surface area contributed by atoms with Gasteiger partial charge in [-0.1, -0.05) is 12.8 Å². The smallest absolute Gasteiger partial charge is 0.224 e. The minimum absolute atomic E-state index is 0.00826. The molecule has 25 heavy (non-hydrogen) atoms. The van der Waals surface area contributed by atoms with Crippen LogP contribution < -0.4 is 4.72 Å². The largest absolute Gasteiger partial charge is 0.341 e. The molecule has 1 saturated heterocycles. The van der Waals surface area contributed by atoms with E-state index >= 15 is 0 Å². The first-order valence-electron chi connectivity index (χ1n) is 9.22. The zero-order valence-electron chi connectivity index (χ0n) is 14.9. The van der Waals surface area contributed by atoms with E-state index in [1.54, 1.807) is 15.8 Å². The Bertz CT molecular complexity index is 695. The van der Waals surface area contributed by atoms with Crippen LogP contribution in [0.1, 0.15) is 50.5 Å². The number of hydrogen-bond acceptors (Lipinski definition) is 4. The Morgan fingerprint density at radius 2 is 2.04 bits per heavy atom. The van der Waals surface area contributed by atoms with E-state index in [-0.39, 0.29) is 11.9 Å². The van der Waals surface area contributed by atoms with Crippen LogP contribution in [0.5, 0.6) is 0 Å². The number of rotatable bonds is 6. The average molecular weight is 369 g/mol. The second-order valence-corrected chi connectivity index (χ2v) is 9.27. The van der Waals surface area contributed by atoms with Crippen molar-refractivity contribution in [3.63, 3.8) is 0 Å². The standard InChI is InChI=1S/C17H28N4O3S/c1-14-11-18-21(12-14)10-8-17(22)20-9-4-7-16(13-20)25(23,24)19-15-5-2-3-6-15/h11-12,15-16,19H,2-10,13H2,1H3/t16-/m1/s1. The number of likely N-dealkylation sites (tertiary alicyclic amines) is 1. The maximum Gasteiger partial charge on any atom is 0.224 e. The Hall–Kier alpha value is -1.41. The summed E-state index contributed by atoms with van der Waals surface area (Å²) in [6.07, 6.45) is 9.43. The van der Waals surface area contributed by atoms with E-state index < -0.39 is 15.3 Å². The molecule has 1 aromatic heterocycles. The lowest BCUT2D eigenvalue weighted by atomic mass is 10.1. The van der Waals surface area contributed by atoms with Crippen LogP contribution in [0.2, 0.25) is 0 Å². The summed E-state index contributed by atoms with van der Waals surface area (Å²) < 4.78 is 29.9. The van der Waals surface area contributed by atoms with Gasteiger partial charge in [-0.25, -0.2) is 13.1 Å². The molecule has 1 amide bonds. The third kappa shape index (κ3) is 4.82. The Balaban J connectivity index is 1.53. The molecule has 1 N–H and O–H groups in total. The highest BCUT2D eigenvalue weighted by atomic mass is 32.2. The molecule has 1 saturated carbocycles. The fraction of sp³-hybridized carbons (Fsp3) is 0.765. The minimum Gasteiger partial charge on any atom is -0.341 e. The van der Waals surface area contributed by atoms with Crippen molar-refractivity contribution >= 4 is 15.9 Å². The molecule has 0 spiro atoms. The van der Waals surface area contributed by atoms with Crippen molar-refractivity contribution in [2.75, 3.05) is 13.1 Å². The maximum absolute atomic E-state index is 12.6. The number of sulfonamides is 1. The van der Waals surface area contributed by atoms with Gasteiger partial charge in [0.1, 0.15) is 0 Å². The van der Waals surface area contributed by atoms with Gasteiger partial charge in [-0.2, -0.15) is 5.10 Å². The van der Waals surface area contributed by atoms with Crippen LogP contribution in [0.15, 0.2) is 12.4 Å². The summed E-state index contributed by atoms with van der Waals surface area (Å²) in [5.74, 6) is 0.00826. The van der Waals surface area contributed by atoms with E-state index in [0.717, 1.165) is 37.7 Å². The molecule has 1 atom stereocenters. The Morgan fingerprint density at radius 1 is 1.28 bits per heavy atom. The molecule has 0 bridgehead atoms. The first kappa shape index (κ1) is 18.4. The van der Waals surface area contributed by atoms with Crippen LogP contribution in [0.4, 0.5) is 0 Å². The van der Waals surface area contributed by atoms with Gasteiger partial charge < -0.3 is 4.90 Å². The summed E-state index contributed by atoms with van der Waals surface area (Å²) in [5.41, 5.74) is 1.06. The van der Waals surface area contributed by atoms with Gasteiger partial charge in [0.25, 0.3) is 0 Å². The van der Waals surface area contributed by atoms with E-state index in [1.165, 1.54) is 0 Å². The van der Waals surface area contributed by atoms with Gasteiger partial charge in [0.05, 0.1) is 11.4 Å². The van der Waals surface area contributed by atoms with E-state index in [0.29, 0.717) is 32.5 Å². The van der Waals surface area contributed by atoms with Crippen molar-refractivity contribution in [1.29, 1.82) is 0 Å². The van der Waals surface area contributed by atoms with Crippen molar-refractivity contribution < 1.29 is 13.2 Å². The molecule has 8 heteroatoms. The molecule has 140 valence electrons. The normalized spacial score (nSPS) is 22.4. The summed E-state index contributed by atoms with van der Waals surface area (Å²) in [6, 6.07) is 0.0825. The average Bonchev–Trinajstić information content (AvgIpc) is 3.24. The van der Waals surface area contributed by atoms with Crippen LogP contribution in [-0.4, -0.2) is 53.4 Å². The molecule has 2 fully saturated rings. The number of hydrogen-bond donors (Lipinski definition) is 1. The number of amides is 1. The fourth-order valence-electron chi connectivity index (χ4n) is 3.75. The molecular formula is C17H28N4O3S. The van der Waals surface area contributed by atoms with Crippen molar-refractivity contribution in [3.05, 3.63) is 18.0 Å². The SMILES string of the molecule is Cc1cnn(CCC(=O)N2CCC[C@@H](S(=O)(=O)NC3CCCC3)C2)c1. The summed E-state index contributed by atoms with van der Waals surface area (Å²) in [7, 11) is -3.36. The number of aryl methyl sites for hydroxylation is 2. The zero-order valence-corrected chi connectivity index (χ0v) is 15.7. The molecule has 0 aromatic carbocycles. The van der Waals surface area contributed by atoms with Gasteiger partial charge in [-0.15, -0.1) is 0 Å². The van der Waals surface area contributed by atoms with Gasteiger partial charge in [0, 0.05) is 38.3 Å². The summed E-state index contributed by atoms with van der Waals surface area (Å²) >= 11 is 0. The zero-order chi connectivity index (χ0) is 17.9. The van der Waals surface area contributed by atoms with Crippen LogP contribution in [-0.2, 0) is 21.4 Å². The van der Waals surface area contributed by atoms with Gasteiger partial charge in [0.2, 0.25) is 15.9 Å². The fourth-order valence-corrected chi connectivity index (χ4v) is 5.49. The predicted molar refractivity (Wildman–Crippen MR) is 95.5 cm³/mol. The van der Waals surface area contributed by atoms with E-state index in [9.17, 15) is 13.2 Å². The van der Waals surface area contributed by atoms with Crippen LogP contribution in [0, 0.1) is 6.92 Å². The van der Waals surface area contributed by atoms with E-state index in [2.05, 4.69) is 9.82 Å². The number of carbonyl (C=O) groups is 1. The lowest BCUT2D eigenvalue weighted by Gasteiger charge is -2.33. The predicted octanol–water partition coefficient (Wildman–Crippen LogP) is 1.43. The van der Waals surface area contributed by atoms with Gasteiger partial charge in [-0.05, 0) is 38.2 Å². The highest BCUT2D eigenvalue weighted by Gasteiger charge is 2.34. The molecule has 0 radical (unpaired) electrons. The lowest BCUT2D eigenvalue weighted by molar-refractivity contribution is -0.132. The van der Waals surface area contributed by atoms with Crippen LogP contribution in [0.25, 0.3) is 0 Å². The van der Waals surface area contributed by atoms with Crippen molar-refractivity contribution in [1.82, 2.24) is 19.4 Å². The Kier molecular flexibility index (Phi) is 5.78. The molecular weight excluding hydrogens is 340 g/mol. The Labute approximate surface area is 149 Å². The minimum atomic E-state index is -3.36. The molecule has 3 rings (SSSR count). The number of carbonyl (C=O) groups excluding carboxylic acids is 1. The van der Waals surface area contributed by atoms with Gasteiger partial charge >= 0.3 is 0 Å². The van der Waals surface area contributed by atoms with Crippen molar-refractivity contribution in [2.45, 2.75) is 69.7 Å². The second-order valence-electron chi connectivity index (χ2n) is 7.28.